The summed E-state index contributed by atoms with van der Waals surface area (Å²) < 4.78 is 31.4. The van der Waals surface area contributed by atoms with Gasteiger partial charge in [0.2, 0.25) is 0 Å². The van der Waals surface area contributed by atoms with Crippen molar-refractivity contribution < 1.29 is 33.0 Å². The summed E-state index contributed by atoms with van der Waals surface area (Å²) in [7, 11) is 0. The Labute approximate surface area is 261 Å². The quantitative estimate of drug-likeness (QED) is 0.0883. The minimum absolute atomic E-state index is 0.0186. The largest absolute Gasteiger partial charge is 0.423 e. The Bertz CT molecular complexity index is 1890. The Morgan fingerprint density at radius 3 is 1.49 bits per heavy atom. The van der Waals surface area contributed by atoms with Crippen LogP contribution in [0.25, 0.3) is 22.3 Å². The summed E-state index contributed by atoms with van der Waals surface area (Å²) in [6, 6.07) is 23.3. The zero-order valence-electron chi connectivity index (χ0n) is 25.0. The van der Waals surface area contributed by atoms with E-state index in [9.17, 15) is 14.4 Å². The van der Waals surface area contributed by atoms with Crippen molar-refractivity contribution in [2.24, 2.45) is 0 Å². The van der Waals surface area contributed by atoms with Crippen LogP contribution in [-0.2, 0) is 14.4 Å². The van der Waals surface area contributed by atoms with Gasteiger partial charge in [0.05, 0.1) is 5.56 Å². The fraction of sp³-hybridized carbons (Fsp3) is 0.0789. The van der Waals surface area contributed by atoms with E-state index in [1.54, 1.807) is 62.4 Å². The Morgan fingerprint density at radius 1 is 0.578 bits per heavy atom. The van der Waals surface area contributed by atoms with Crippen LogP contribution in [0.5, 0.6) is 17.2 Å². The van der Waals surface area contributed by atoms with Crippen molar-refractivity contribution >= 4 is 17.9 Å². The highest BCUT2D eigenvalue weighted by Crippen LogP contribution is 2.35. The minimum Gasteiger partial charge on any atom is -0.423 e. The van der Waals surface area contributed by atoms with Gasteiger partial charge in [0.15, 0.2) is 0 Å². The van der Waals surface area contributed by atoms with Crippen LogP contribution in [0, 0.1) is 17.7 Å². The maximum Gasteiger partial charge on any atom is 0.338 e. The molecule has 0 bridgehead atoms. The molecule has 0 saturated carbocycles. The van der Waals surface area contributed by atoms with E-state index in [-0.39, 0.29) is 22.5 Å². The number of halogens is 1. The molecule has 0 amide bonds. The van der Waals surface area contributed by atoms with Crippen molar-refractivity contribution in [3.05, 3.63) is 138 Å². The van der Waals surface area contributed by atoms with E-state index in [1.807, 2.05) is 24.3 Å². The number of ether oxygens (including phenoxy) is 3. The van der Waals surface area contributed by atoms with Crippen molar-refractivity contribution in [1.29, 1.82) is 0 Å². The number of carbonyl (C=O) groups is 3. The fourth-order valence-electron chi connectivity index (χ4n) is 3.84. The first kappa shape index (κ1) is 31.9. The van der Waals surface area contributed by atoms with E-state index in [4.69, 9.17) is 14.2 Å². The molecule has 0 N–H and O–H groups in total. The van der Waals surface area contributed by atoms with Crippen LogP contribution < -0.4 is 14.2 Å². The van der Waals surface area contributed by atoms with E-state index >= 15 is 4.39 Å². The Kier molecular flexibility index (Phi) is 9.92. The molecule has 0 aliphatic carbocycles. The van der Waals surface area contributed by atoms with Crippen molar-refractivity contribution in [2.75, 3.05) is 0 Å². The first-order chi connectivity index (χ1) is 21.4. The molecule has 4 aromatic rings. The Morgan fingerprint density at radius 2 is 1.00 bits per heavy atom. The molecule has 0 radical (unpaired) electrons. The highest BCUT2D eigenvalue weighted by molar-refractivity contribution is 5.91. The highest BCUT2D eigenvalue weighted by Gasteiger charge is 2.16. The number of esters is 3. The molecule has 0 spiro atoms. The Balaban J connectivity index is 1.61. The minimum atomic E-state index is -0.661. The summed E-state index contributed by atoms with van der Waals surface area (Å²) in [4.78, 5) is 35.9. The molecule has 224 valence electrons. The molecule has 0 unspecified atom stereocenters. The zero-order valence-corrected chi connectivity index (χ0v) is 25.0. The van der Waals surface area contributed by atoms with Crippen LogP contribution in [0.2, 0.25) is 0 Å². The first-order valence-corrected chi connectivity index (χ1v) is 13.7. The molecule has 0 aliphatic rings. The van der Waals surface area contributed by atoms with Crippen LogP contribution in [0.1, 0.15) is 31.9 Å². The summed E-state index contributed by atoms with van der Waals surface area (Å²) in [6.45, 7) is 15.4. The molecule has 0 aliphatic heterocycles. The van der Waals surface area contributed by atoms with Crippen molar-refractivity contribution in [3.8, 4) is 51.3 Å². The average molecular weight is 601 g/mol. The third-order valence-electron chi connectivity index (χ3n) is 6.32. The normalized spacial score (nSPS) is 10.1. The number of rotatable bonds is 8. The Hall–Kier alpha value is -6.00. The fourth-order valence-corrected chi connectivity index (χ4v) is 3.84. The van der Waals surface area contributed by atoms with Gasteiger partial charge in [-0.25, -0.2) is 18.8 Å². The van der Waals surface area contributed by atoms with Crippen molar-refractivity contribution in [2.45, 2.75) is 20.8 Å². The second-order valence-electron chi connectivity index (χ2n) is 10.2. The van der Waals surface area contributed by atoms with Crippen molar-refractivity contribution in [3.63, 3.8) is 0 Å². The lowest BCUT2D eigenvalue weighted by atomic mass is 9.98. The number of carbonyl (C=O) groups excluding carboxylic acids is 3. The SMILES string of the molecule is C=C(C)C(=O)Oc1ccc(C#Cc2cc(OC(=O)C(=C)C)c(-c3ccc(-c4ccc(OC(=O)C(=C)C)cc4)cc3)cc2F)cc1. The van der Waals surface area contributed by atoms with Gasteiger partial charge in [-0.2, -0.15) is 0 Å². The second kappa shape index (κ2) is 14.0. The van der Waals surface area contributed by atoms with Crippen molar-refractivity contribution in [1.82, 2.24) is 0 Å². The lowest BCUT2D eigenvalue weighted by Gasteiger charge is -2.13. The van der Waals surface area contributed by atoms with Gasteiger partial charge < -0.3 is 14.2 Å². The molecule has 4 aromatic carbocycles. The maximum absolute atomic E-state index is 15.4. The van der Waals surface area contributed by atoms with Gasteiger partial charge in [-0.3, -0.25) is 0 Å². The lowest BCUT2D eigenvalue weighted by Crippen LogP contribution is -2.09. The molecule has 0 saturated heterocycles. The van der Waals surface area contributed by atoms with E-state index in [0.29, 0.717) is 33.8 Å². The maximum atomic E-state index is 15.4. The topological polar surface area (TPSA) is 78.9 Å². The predicted octanol–water partition coefficient (Wildman–Crippen LogP) is 8.00. The molecule has 7 heteroatoms. The monoisotopic (exact) mass is 600 g/mol. The van der Waals surface area contributed by atoms with Gasteiger partial charge in [0.25, 0.3) is 0 Å². The summed E-state index contributed by atoms with van der Waals surface area (Å²) in [6.07, 6.45) is 0. The van der Waals surface area contributed by atoms with Gasteiger partial charge in [-0.15, -0.1) is 0 Å². The molecule has 0 fully saturated rings. The summed E-state index contributed by atoms with van der Waals surface area (Å²) in [5.41, 5.74) is 4.00. The average Bonchev–Trinajstić information content (AvgIpc) is 3.02. The molecule has 4 rings (SSSR count). The third kappa shape index (κ3) is 8.31. The van der Waals surface area contributed by atoms with Crippen LogP contribution in [0.15, 0.2) is 121 Å². The molecule has 6 nitrogen and oxygen atoms in total. The van der Waals surface area contributed by atoms with Gasteiger partial charge in [0.1, 0.15) is 23.1 Å². The number of benzene rings is 4. The van der Waals surface area contributed by atoms with Gasteiger partial charge in [-0.1, -0.05) is 68.0 Å². The number of hydrogen-bond acceptors (Lipinski definition) is 6. The standard InChI is InChI=1S/C38H29FO6/c1-23(2)36(40)43-31-17-8-26(9-18-31)7-10-30-21-35(45-38(42)25(5)6)33(22-34(30)39)29-13-11-27(12-14-29)28-15-19-32(20-16-28)44-37(41)24(3)4/h8-9,11-22H,1,3,5H2,2,4,6H3. The number of hydrogen-bond donors (Lipinski definition) is 0. The molecule has 0 atom stereocenters. The van der Waals surface area contributed by atoms with Gasteiger partial charge in [-0.05, 0) is 79.9 Å². The van der Waals surface area contributed by atoms with Gasteiger partial charge in [0, 0.05) is 33.9 Å². The molecule has 0 heterocycles. The first-order valence-electron chi connectivity index (χ1n) is 13.7. The summed E-state index contributed by atoms with van der Waals surface area (Å²) >= 11 is 0. The molecular weight excluding hydrogens is 571 g/mol. The highest BCUT2D eigenvalue weighted by atomic mass is 19.1. The third-order valence-corrected chi connectivity index (χ3v) is 6.32. The smallest absolute Gasteiger partial charge is 0.338 e. The summed E-state index contributed by atoms with van der Waals surface area (Å²) in [5, 5.41) is 0. The zero-order chi connectivity index (χ0) is 32.7. The van der Waals surface area contributed by atoms with E-state index in [0.717, 1.165) is 11.1 Å². The molecule has 0 aromatic heterocycles. The van der Waals surface area contributed by atoms with Crippen LogP contribution in [-0.4, -0.2) is 17.9 Å². The molecular formula is C38H29FO6. The van der Waals surface area contributed by atoms with E-state index in [2.05, 4.69) is 31.6 Å². The van der Waals surface area contributed by atoms with E-state index in [1.165, 1.54) is 19.1 Å². The van der Waals surface area contributed by atoms with Gasteiger partial charge >= 0.3 is 17.9 Å². The molecule has 45 heavy (non-hydrogen) atoms. The van der Waals surface area contributed by atoms with Crippen LogP contribution >= 0.6 is 0 Å². The second-order valence-corrected chi connectivity index (χ2v) is 10.2. The van der Waals surface area contributed by atoms with Crippen LogP contribution in [0.4, 0.5) is 4.39 Å². The van der Waals surface area contributed by atoms with Crippen LogP contribution in [0.3, 0.4) is 0 Å². The predicted molar refractivity (Wildman–Crippen MR) is 171 cm³/mol. The van der Waals surface area contributed by atoms with E-state index < -0.39 is 23.7 Å². The summed E-state index contributed by atoms with van der Waals surface area (Å²) in [5.74, 6) is 4.18. The lowest BCUT2D eigenvalue weighted by molar-refractivity contribution is -0.130.